The number of carbonyl (C=O) groups is 1. The molecule has 0 aliphatic carbocycles. The van der Waals surface area contributed by atoms with E-state index in [1.807, 2.05) is 6.92 Å². The quantitative estimate of drug-likeness (QED) is 0.738. The minimum absolute atomic E-state index is 0.100. The predicted octanol–water partition coefficient (Wildman–Crippen LogP) is 3.00. The van der Waals surface area contributed by atoms with Crippen LogP contribution in [0.3, 0.4) is 0 Å². The van der Waals surface area contributed by atoms with Crippen LogP contribution >= 0.6 is 0 Å². The summed E-state index contributed by atoms with van der Waals surface area (Å²) >= 11 is 0. The first-order valence-electron chi connectivity index (χ1n) is 6.24. The van der Waals surface area contributed by atoms with Crippen molar-refractivity contribution in [3.63, 3.8) is 0 Å². The summed E-state index contributed by atoms with van der Waals surface area (Å²) in [5, 5.41) is 3.25. The second kappa shape index (κ2) is 7.71. The van der Waals surface area contributed by atoms with Crippen LogP contribution in [-0.2, 0) is 16.0 Å². The van der Waals surface area contributed by atoms with Gasteiger partial charge >= 0.3 is 5.97 Å². The van der Waals surface area contributed by atoms with Gasteiger partial charge in [0.25, 0.3) is 0 Å². The van der Waals surface area contributed by atoms with Gasteiger partial charge in [-0.25, -0.2) is 0 Å². The Hall–Kier alpha value is -1.51. The molecule has 0 atom stereocenters. The summed E-state index contributed by atoms with van der Waals surface area (Å²) in [5.74, 6) is -0.100. The predicted molar refractivity (Wildman–Crippen MR) is 70.2 cm³/mol. The van der Waals surface area contributed by atoms with Crippen LogP contribution in [-0.4, -0.2) is 19.1 Å². The monoisotopic (exact) mass is 235 g/mol. The highest BCUT2D eigenvalue weighted by atomic mass is 16.5. The van der Waals surface area contributed by atoms with Crippen molar-refractivity contribution in [2.75, 3.05) is 18.5 Å². The molecule has 0 aliphatic rings. The molecule has 0 saturated heterocycles. The van der Waals surface area contributed by atoms with Gasteiger partial charge in [-0.3, -0.25) is 4.79 Å². The van der Waals surface area contributed by atoms with Gasteiger partial charge in [-0.2, -0.15) is 0 Å². The van der Waals surface area contributed by atoms with E-state index in [-0.39, 0.29) is 5.97 Å². The lowest BCUT2D eigenvalue weighted by atomic mass is 10.1. The summed E-state index contributed by atoms with van der Waals surface area (Å²) in [7, 11) is 0. The molecule has 0 aliphatic heterocycles. The maximum Gasteiger partial charge on any atom is 0.305 e. The standard InChI is InChI=1S/C14H21NO2/c1-3-15-13-10-8-12(9-11-13)6-5-7-14(16)17-4-2/h8-11,15H,3-7H2,1-2H3. The number of nitrogens with one attached hydrogen (secondary N) is 1. The van der Waals surface area contributed by atoms with E-state index >= 15 is 0 Å². The molecule has 0 fully saturated rings. The second-order valence-corrected chi connectivity index (χ2v) is 3.89. The number of carbonyl (C=O) groups excluding carboxylic acids is 1. The van der Waals surface area contributed by atoms with Crippen LogP contribution in [0.1, 0.15) is 32.3 Å². The van der Waals surface area contributed by atoms with E-state index < -0.39 is 0 Å². The van der Waals surface area contributed by atoms with Crippen LogP contribution in [0.25, 0.3) is 0 Å². The van der Waals surface area contributed by atoms with Gasteiger partial charge < -0.3 is 10.1 Å². The molecule has 1 rings (SSSR count). The summed E-state index contributed by atoms with van der Waals surface area (Å²) in [6, 6.07) is 8.35. The van der Waals surface area contributed by atoms with Crippen LogP contribution in [0.4, 0.5) is 5.69 Å². The smallest absolute Gasteiger partial charge is 0.305 e. The van der Waals surface area contributed by atoms with Crippen LogP contribution in [0, 0.1) is 0 Å². The van der Waals surface area contributed by atoms with Crippen molar-refractivity contribution in [1.82, 2.24) is 0 Å². The molecule has 94 valence electrons. The Bertz CT molecular complexity index is 333. The van der Waals surface area contributed by atoms with Crippen molar-refractivity contribution in [3.05, 3.63) is 29.8 Å². The van der Waals surface area contributed by atoms with Gasteiger partial charge in [0.2, 0.25) is 0 Å². The molecule has 3 heteroatoms. The van der Waals surface area contributed by atoms with E-state index in [1.165, 1.54) is 5.56 Å². The number of esters is 1. The molecule has 0 aromatic heterocycles. The molecule has 1 N–H and O–H groups in total. The normalized spacial score (nSPS) is 10.0. The van der Waals surface area contributed by atoms with E-state index in [9.17, 15) is 4.79 Å². The van der Waals surface area contributed by atoms with Gasteiger partial charge in [-0.15, -0.1) is 0 Å². The number of hydrogen-bond acceptors (Lipinski definition) is 3. The number of rotatable bonds is 7. The number of benzene rings is 1. The van der Waals surface area contributed by atoms with Crippen molar-refractivity contribution >= 4 is 11.7 Å². The molecular weight excluding hydrogens is 214 g/mol. The summed E-state index contributed by atoms with van der Waals surface area (Å²) < 4.78 is 4.88. The van der Waals surface area contributed by atoms with E-state index in [2.05, 4.69) is 36.5 Å². The summed E-state index contributed by atoms with van der Waals surface area (Å²) in [5.41, 5.74) is 2.40. The molecule has 0 spiro atoms. The van der Waals surface area contributed by atoms with Crippen LogP contribution in [0.2, 0.25) is 0 Å². The third-order valence-electron chi connectivity index (χ3n) is 2.49. The Balaban J connectivity index is 2.29. The first-order chi connectivity index (χ1) is 8.26. The molecule has 0 heterocycles. The fourth-order valence-electron chi connectivity index (χ4n) is 1.66. The Morgan fingerprint density at radius 1 is 1.24 bits per heavy atom. The first kappa shape index (κ1) is 13.6. The molecule has 0 unspecified atom stereocenters. The van der Waals surface area contributed by atoms with E-state index in [1.54, 1.807) is 0 Å². The van der Waals surface area contributed by atoms with Crippen molar-refractivity contribution in [2.45, 2.75) is 33.1 Å². The molecule has 3 nitrogen and oxygen atoms in total. The third-order valence-corrected chi connectivity index (χ3v) is 2.49. The van der Waals surface area contributed by atoms with Crippen LogP contribution < -0.4 is 5.32 Å². The topological polar surface area (TPSA) is 38.3 Å². The first-order valence-corrected chi connectivity index (χ1v) is 6.24. The lowest BCUT2D eigenvalue weighted by molar-refractivity contribution is -0.143. The highest BCUT2D eigenvalue weighted by Gasteiger charge is 2.01. The van der Waals surface area contributed by atoms with Gasteiger partial charge in [-0.1, -0.05) is 12.1 Å². The largest absolute Gasteiger partial charge is 0.466 e. The van der Waals surface area contributed by atoms with Crippen molar-refractivity contribution < 1.29 is 9.53 Å². The Labute approximate surface area is 103 Å². The van der Waals surface area contributed by atoms with E-state index in [0.717, 1.165) is 25.1 Å². The average Bonchev–Trinajstić information content (AvgIpc) is 2.32. The third kappa shape index (κ3) is 5.38. The molecule has 17 heavy (non-hydrogen) atoms. The van der Waals surface area contributed by atoms with Crippen molar-refractivity contribution in [3.8, 4) is 0 Å². The number of aryl methyl sites for hydroxylation is 1. The molecule has 0 saturated carbocycles. The highest BCUT2D eigenvalue weighted by Crippen LogP contribution is 2.11. The number of anilines is 1. The molecule has 0 radical (unpaired) electrons. The summed E-state index contributed by atoms with van der Waals surface area (Å²) in [6.07, 6.45) is 2.27. The minimum atomic E-state index is -0.100. The molecule has 1 aromatic rings. The lowest BCUT2D eigenvalue weighted by Crippen LogP contribution is -2.04. The average molecular weight is 235 g/mol. The minimum Gasteiger partial charge on any atom is -0.466 e. The van der Waals surface area contributed by atoms with Gasteiger partial charge in [0.05, 0.1) is 6.61 Å². The molecule has 0 bridgehead atoms. The second-order valence-electron chi connectivity index (χ2n) is 3.89. The summed E-state index contributed by atoms with van der Waals surface area (Å²) in [4.78, 5) is 11.1. The SMILES string of the molecule is CCNc1ccc(CCCC(=O)OCC)cc1. The van der Waals surface area contributed by atoms with Gasteiger partial charge in [-0.05, 0) is 44.4 Å². The summed E-state index contributed by atoms with van der Waals surface area (Å²) in [6.45, 7) is 5.31. The van der Waals surface area contributed by atoms with Crippen LogP contribution in [0.15, 0.2) is 24.3 Å². The molecule has 0 amide bonds. The lowest BCUT2D eigenvalue weighted by Gasteiger charge is -2.05. The zero-order valence-electron chi connectivity index (χ0n) is 10.7. The van der Waals surface area contributed by atoms with Gasteiger partial charge in [0.1, 0.15) is 0 Å². The maximum atomic E-state index is 11.1. The maximum absolute atomic E-state index is 11.1. The van der Waals surface area contributed by atoms with Gasteiger partial charge in [0.15, 0.2) is 0 Å². The zero-order chi connectivity index (χ0) is 12.5. The molecular formula is C14H21NO2. The fraction of sp³-hybridized carbons (Fsp3) is 0.500. The Morgan fingerprint density at radius 2 is 1.94 bits per heavy atom. The number of ether oxygens (including phenoxy) is 1. The Morgan fingerprint density at radius 3 is 2.53 bits per heavy atom. The van der Waals surface area contributed by atoms with Crippen LogP contribution in [0.5, 0.6) is 0 Å². The highest BCUT2D eigenvalue weighted by molar-refractivity contribution is 5.69. The van der Waals surface area contributed by atoms with E-state index in [4.69, 9.17) is 4.74 Å². The molecule has 1 aromatic carbocycles. The Kier molecular flexibility index (Phi) is 6.15. The van der Waals surface area contributed by atoms with Gasteiger partial charge in [0, 0.05) is 18.7 Å². The number of hydrogen-bond donors (Lipinski definition) is 1. The fourth-order valence-corrected chi connectivity index (χ4v) is 1.66. The van der Waals surface area contributed by atoms with Crippen molar-refractivity contribution in [1.29, 1.82) is 0 Å². The van der Waals surface area contributed by atoms with E-state index in [0.29, 0.717) is 13.0 Å². The zero-order valence-corrected chi connectivity index (χ0v) is 10.7. The van der Waals surface area contributed by atoms with Crippen molar-refractivity contribution in [2.24, 2.45) is 0 Å².